The van der Waals surface area contributed by atoms with E-state index in [2.05, 4.69) is 35.8 Å². The maximum absolute atomic E-state index is 5.64. The van der Waals surface area contributed by atoms with Crippen LogP contribution in [-0.2, 0) is 0 Å². The van der Waals surface area contributed by atoms with E-state index < -0.39 is 0 Å². The monoisotopic (exact) mass is 202 g/mol. The Morgan fingerprint density at radius 3 is 2.53 bits per heavy atom. The van der Waals surface area contributed by atoms with Gasteiger partial charge in [0, 0.05) is 0 Å². The minimum absolute atomic E-state index is 0.200. The predicted molar refractivity (Wildman–Crippen MR) is 63.1 cm³/mol. The molecule has 0 amide bonds. The van der Waals surface area contributed by atoms with E-state index in [0.717, 1.165) is 0 Å². The molecule has 1 aliphatic carbocycles. The van der Waals surface area contributed by atoms with Crippen molar-refractivity contribution in [3.05, 3.63) is 47.5 Å². The lowest BCUT2D eigenvalue weighted by atomic mass is 9.90. The van der Waals surface area contributed by atoms with Gasteiger partial charge in [0.05, 0.1) is 6.04 Å². The van der Waals surface area contributed by atoms with Gasteiger partial charge >= 0.3 is 0 Å². The van der Waals surface area contributed by atoms with Gasteiger partial charge in [-0.2, -0.15) is 0 Å². The first-order valence-electron chi connectivity index (χ1n) is 5.62. The summed E-state index contributed by atoms with van der Waals surface area (Å²) in [6.07, 6.45) is 7.30. The summed E-state index contributed by atoms with van der Waals surface area (Å²) in [6, 6.07) is 10.6. The molecule has 1 aromatic carbocycles. The maximum atomic E-state index is 5.64. The summed E-state index contributed by atoms with van der Waals surface area (Å²) < 4.78 is 0. The molecule has 3 N–H and O–H groups in total. The molecule has 1 aliphatic rings. The van der Waals surface area contributed by atoms with E-state index >= 15 is 0 Å². The van der Waals surface area contributed by atoms with E-state index in [1.807, 2.05) is 6.07 Å². The molecule has 2 nitrogen and oxygen atoms in total. The summed E-state index contributed by atoms with van der Waals surface area (Å²) in [5.74, 6) is 5.64. The third kappa shape index (κ3) is 2.46. The summed E-state index contributed by atoms with van der Waals surface area (Å²) in [4.78, 5) is 0. The lowest BCUT2D eigenvalue weighted by Crippen LogP contribution is -2.29. The summed E-state index contributed by atoms with van der Waals surface area (Å²) in [7, 11) is 0. The van der Waals surface area contributed by atoms with Crippen molar-refractivity contribution in [2.45, 2.75) is 31.7 Å². The predicted octanol–water partition coefficient (Wildman–Crippen LogP) is 2.69. The van der Waals surface area contributed by atoms with Gasteiger partial charge in [0.25, 0.3) is 0 Å². The molecule has 0 bridgehead atoms. The fourth-order valence-electron chi connectivity index (χ4n) is 2.19. The van der Waals surface area contributed by atoms with E-state index in [9.17, 15) is 0 Å². The van der Waals surface area contributed by atoms with E-state index in [0.29, 0.717) is 0 Å². The molecule has 1 aromatic rings. The fourth-order valence-corrected chi connectivity index (χ4v) is 2.19. The van der Waals surface area contributed by atoms with Crippen molar-refractivity contribution in [3.63, 3.8) is 0 Å². The van der Waals surface area contributed by atoms with Crippen LogP contribution in [0.1, 0.15) is 37.3 Å². The standard InChI is InChI=1S/C13H18N2/c14-15-13(11-7-3-1-4-8-11)12-9-5-2-6-10-12/h1,3-4,7-9,13,15H,2,5-6,10,14H2. The van der Waals surface area contributed by atoms with Gasteiger partial charge < -0.3 is 0 Å². The van der Waals surface area contributed by atoms with Crippen molar-refractivity contribution in [1.82, 2.24) is 5.43 Å². The highest BCUT2D eigenvalue weighted by atomic mass is 15.2. The van der Waals surface area contributed by atoms with Crippen LogP contribution >= 0.6 is 0 Å². The number of benzene rings is 1. The molecule has 0 saturated carbocycles. The second-order valence-corrected chi connectivity index (χ2v) is 4.04. The number of allylic oxidation sites excluding steroid dienone is 1. The highest BCUT2D eigenvalue weighted by molar-refractivity contribution is 5.28. The Hall–Kier alpha value is -1.12. The third-order valence-electron chi connectivity index (χ3n) is 3.00. The van der Waals surface area contributed by atoms with Crippen LogP contribution in [0.15, 0.2) is 42.0 Å². The molecular weight excluding hydrogens is 184 g/mol. The van der Waals surface area contributed by atoms with Crippen LogP contribution in [0.4, 0.5) is 0 Å². The first-order chi connectivity index (χ1) is 7.42. The molecule has 0 spiro atoms. The maximum Gasteiger partial charge on any atom is 0.0670 e. The molecule has 2 heteroatoms. The molecule has 80 valence electrons. The molecule has 0 fully saturated rings. The van der Waals surface area contributed by atoms with E-state index in [4.69, 9.17) is 5.84 Å². The van der Waals surface area contributed by atoms with Gasteiger partial charge in [0.15, 0.2) is 0 Å². The lowest BCUT2D eigenvalue weighted by molar-refractivity contribution is 0.566. The first-order valence-corrected chi connectivity index (χ1v) is 5.62. The van der Waals surface area contributed by atoms with Gasteiger partial charge in [0.2, 0.25) is 0 Å². The molecule has 0 radical (unpaired) electrons. The van der Waals surface area contributed by atoms with Gasteiger partial charge in [0.1, 0.15) is 0 Å². The summed E-state index contributed by atoms with van der Waals surface area (Å²) in [5.41, 5.74) is 5.62. The van der Waals surface area contributed by atoms with Crippen molar-refractivity contribution >= 4 is 0 Å². The fraction of sp³-hybridized carbons (Fsp3) is 0.385. The summed E-state index contributed by atoms with van der Waals surface area (Å²) in [5, 5.41) is 0. The third-order valence-corrected chi connectivity index (χ3v) is 3.00. The Kier molecular flexibility index (Phi) is 3.54. The van der Waals surface area contributed by atoms with Crippen molar-refractivity contribution in [2.75, 3.05) is 0 Å². The van der Waals surface area contributed by atoms with Gasteiger partial charge in [-0.05, 0) is 31.2 Å². The number of nitrogens with one attached hydrogen (secondary N) is 1. The SMILES string of the molecule is NNC(C1=CCCCC1)c1ccccc1. The van der Waals surface area contributed by atoms with Crippen LogP contribution < -0.4 is 11.3 Å². The Morgan fingerprint density at radius 2 is 1.93 bits per heavy atom. The minimum atomic E-state index is 0.200. The van der Waals surface area contributed by atoms with Crippen LogP contribution in [0.3, 0.4) is 0 Å². The second kappa shape index (κ2) is 5.10. The zero-order valence-corrected chi connectivity index (χ0v) is 8.95. The average Bonchev–Trinajstić information content (AvgIpc) is 2.33. The molecule has 15 heavy (non-hydrogen) atoms. The molecule has 0 aliphatic heterocycles. The van der Waals surface area contributed by atoms with Crippen LogP contribution in [0.25, 0.3) is 0 Å². The smallest absolute Gasteiger partial charge is 0.0670 e. The van der Waals surface area contributed by atoms with Gasteiger partial charge in [-0.15, -0.1) is 0 Å². The van der Waals surface area contributed by atoms with Gasteiger partial charge in [-0.1, -0.05) is 42.0 Å². The molecule has 1 unspecified atom stereocenters. The Labute approximate surface area is 91.2 Å². The Morgan fingerprint density at radius 1 is 1.13 bits per heavy atom. The minimum Gasteiger partial charge on any atom is -0.271 e. The van der Waals surface area contributed by atoms with E-state index in [-0.39, 0.29) is 6.04 Å². The molecular formula is C13H18N2. The average molecular weight is 202 g/mol. The molecule has 0 heterocycles. The zero-order valence-electron chi connectivity index (χ0n) is 8.95. The zero-order chi connectivity index (χ0) is 10.5. The number of hydrogen-bond acceptors (Lipinski definition) is 2. The van der Waals surface area contributed by atoms with Crippen LogP contribution in [-0.4, -0.2) is 0 Å². The van der Waals surface area contributed by atoms with Crippen LogP contribution in [0.2, 0.25) is 0 Å². The van der Waals surface area contributed by atoms with Crippen LogP contribution in [0.5, 0.6) is 0 Å². The highest BCUT2D eigenvalue weighted by Crippen LogP contribution is 2.28. The molecule has 1 atom stereocenters. The van der Waals surface area contributed by atoms with E-state index in [1.165, 1.54) is 36.8 Å². The number of rotatable bonds is 3. The van der Waals surface area contributed by atoms with Crippen molar-refractivity contribution in [1.29, 1.82) is 0 Å². The normalized spacial score (nSPS) is 18.3. The number of hydrazine groups is 1. The van der Waals surface area contributed by atoms with E-state index in [1.54, 1.807) is 0 Å². The Balaban J connectivity index is 2.20. The van der Waals surface area contributed by atoms with Crippen molar-refractivity contribution in [2.24, 2.45) is 5.84 Å². The molecule has 0 aromatic heterocycles. The van der Waals surface area contributed by atoms with Crippen molar-refractivity contribution in [3.8, 4) is 0 Å². The first kappa shape index (κ1) is 10.4. The molecule has 2 rings (SSSR count). The largest absolute Gasteiger partial charge is 0.271 e. The van der Waals surface area contributed by atoms with Gasteiger partial charge in [-0.25, -0.2) is 5.43 Å². The lowest BCUT2D eigenvalue weighted by Gasteiger charge is -2.22. The highest BCUT2D eigenvalue weighted by Gasteiger charge is 2.15. The second-order valence-electron chi connectivity index (χ2n) is 4.04. The summed E-state index contributed by atoms with van der Waals surface area (Å²) in [6.45, 7) is 0. The van der Waals surface area contributed by atoms with Crippen LogP contribution in [0, 0.1) is 0 Å². The Bertz CT molecular complexity index is 330. The van der Waals surface area contributed by atoms with Gasteiger partial charge in [-0.3, -0.25) is 5.84 Å². The number of hydrogen-bond donors (Lipinski definition) is 2. The topological polar surface area (TPSA) is 38.0 Å². The molecule has 0 saturated heterocycles. The summed E-state index contributed by atoms with van der Waals surface area (Å²) >= 11 is 0. The number of nitrogens with two attached hydrogens (primary N) is 1. The quantitative estimate of drug-likeness (QED) is 0.449. The van der Waals surface area contributed by atoms with Crippen molar-refractivity contribution < 1.29 is 0 Å².